The van der Waals surface area contributed by atoms with Crippen molar-refractivity contribution in [3.63, 3.8) is 0 Å². The second-order valence-corrected chi connectivity index (χ2v) is 3.10. The average molecular weight is 142 g/mol. The minimum absolute atomic E-state index is 0.339. The third-order valence-electron chi connectivity index (χ3n) is 2.45. The molecule has 1 saturated heterocycles. The van der Waals surface area contributed by atoms with Gasteiger partial charge in [0.15, 0.2) is 0 Å². The van der Waals surface area contributed by atoms with Crippen LogP contribution in [0, 0.1) is 10.8 Å². The van der Waals surface area contributed by atoms with Crippen molar-refractivity contribution < 1.29 is 0 Å². The molecule has 58 valence electrons. The molecule has 1 fully saturated rings. The third-order valence-corrected chi connectivity index (χ3v) is 2.45. The van der Waals surface area contributed by atoms with Gasteiger partial charge in [-0.05, 0) is 25.7 Å². The summed E-state index contributed by atoms with van der Waals surface area (Å²) in [5, 5.41) is 4.61. The molecule has 0 aliphatic carbocycles. The SMILES string of the molecule is CC1CCCN(N=O)C1C. The summed E-state index contributed by atoms with van der Waals surface area (Å²) in [6.45, 7) is 5.07. The summed E-state index contributed by atoms with van der Waals surface area (Å²) in [5.74, 6) is 0.617. The number of nitrogens with zero attached hydrogens (tertiary/aromatic N) is 2. The minimum atomic E-state index is 0.339. The van der Waals surface area contributed by atoms with Crippen molar-refractivity contribution in [3.05, 3.63) is 4.91 Å². The van der Waals surface area contributed by atoms with Crippen LogP contribution in [0.15, 0.2) is 5.29 Å². The zero-order valence-electron chi connectivity index (χ0n) is 6.58. The van der Waals surface area contributed by atoms with E-state index in [4.69, 9.17) is 0 Å². The van der Waals surface area contributed by atoms with Crippen LogP contribution in [-0.4, -0.2) is 17.6 Å². The molecule has 10 heavy (non-hydrogen) atoms. The zero-order valence-corrected chi connectivity index (χ0v) is 6.58. The van der Waals surface area contributed by atoms with E-state index in [1.165, 1.54) is 6.42 Å². The molecule has 2 atom stereocenters. The lowest BCUT2D eigenvalue weighted by atomic mass is 9.94. The van der Waals surface area contributed by atoms with E-state index in [0.717, 1.165) is 13.0 Å². The Bertz CT molecular complexity index is 127. The lowest BCUT2D eigenvalue weighted by Gasteiger charge is -2.32. The van der Waals surface area contributed by atoms with Gasteiger partial charge in [-0.15, -0.1) is 4.91 Å². The van der Waals surface area contributed by atoms with Crippen molar-refractivity contribution in [2.45, 2.75) is 32.7 Å². The van der Waals surface area contributed by atoms with E-state index in [0.29, 0.717) is 12.0 Å². The first-order chi connectivity index (χ1) is 4.75. The van der Waals surface area contributed by atoms with E-state index in [1.54, 1.807) is 5.01 Å². The zero-order chi connectivity index (χ0) is 7.56. The van der Waals surface area contributed by atoms with E-state index in [-0.39, 0.29) is 0 Å². The van der Waals surface area contributed by atoms with Crippen LogP contribution < -0.4 is 0 Å². The molecule has 0 N–H and O–H groups in total. The molecule has 0 saturated carbocycles. The summed E-state index contributed by atoms with van der Waals surface area (Å²) in [7, 11) is 0. The largest absolute Gasteiger partial charge is 0.258 e. The van der Waals surface area contributed by atoms with E-state index in [9.17, 15) is 4.91 Å². The molecule has 1 rings (SSSR count). The molecule has 0 radical (unpaired) electrons. The summed E-state index contributed by atoms with van der Waals surface area (Å²) in [4.78, 5) is 10.2. The molecule has 0 spiro atoms. The molecule has 3 heteroatoms. The van der Waals surface area contributed by atoms with Crippen molar-refractivity contribution in [1.82, 2.24) is 5.01 Å². The van der Waals surface area contributed by atoms with Crippen LogP contribution in [-0.2, 0) is 0 Å². The normalized spacial score (nSPS) is 34.0. The quantitative estimate of drug-likeness (QED) is 0.523. The summed E-state index contributed by atoms with van der Waals surface area (Å²) in [6.07, 6.45) is 2.34. The van der Waals surface area contributed by atoms with Gasteiger partial charge >= 0.3 is 0 Å². The molecule has 3 nitrogen and oxygen atoms in total. The maximum Gasteiger partial charge on any atom is 0.0526 e. The fourth-order valence-electron chi connectivity index (χ4n) is 1.43. The maximum atomic E-state index is 10.2. The summed E-state index contributed by atoms with van der Waals surface area (Å²) in [6, 6.07) is 0.339. The van der Waals surface area contributed by atoms with Crippen LogP contribution >= 0.6 is 0 Å². The minimum Gasteiger partial charge on any atom is -0.258 e. The standard InChI is InChI=1S/C7H14N2O/c1-6-4-3-5-9(8-10)7(6)2/h6-7H,3-5H2,1-2H3. The number of rotatable bonds is 1. The maximum absolute atomic E-state index is 10.2. The predicted octanol–water partition coefficient (Wildman–Crippen LogP) is 1.79. The van der Waals surface area contributed by atoms with Gasteiger partial charge in [0, 0.05) is 12.6 Å². The fraction of sp³-hybridized carbons (Fsp3) is 1.00. The first-order valence-electron chi connectivity index (χ1n) is 3.85. The highest BCUT2D eigenvalue weighted by Crippen LogP contribution is 2.22. The second kappa shape index (κ2) is 2.99. The summed E-state index contributed by atoms with van der Waals surface area (Å²) in [5.41, 5.74) is 0. The van der Waals surface area contributed by atoms with Gasteiger partial charge in [0.05, 0.1) is 5.29 Å². The Hall–Kier alpha value is -0.600. The van der Waals surface area contributed by atoms with Crippen molar-refractivity contribution in [2.75, 3.05) is 6.54 Å². The third kappa shape index (κ3) is 1.28. The Balaban J connectivity index is 2.50. The molecule has 1 aliphatic rings. The topological polar surface area (TPSA) is 32.7 Å². The number of hydrogen-bond donors (Lipinski definition) is 0. The Morgan fingerprint density at radius 3 is 2.70 bits per heavy atom. The Labute approximate surface area is 61.3 Å². The summed E-state index contributed by atoms with van der Waals surface area (Å²) < 4.78 is 0. The van der Waals surface area contributed by atoms with E-state index < -0.39 is 0 Å². The molecule has 1 heterocycles. The molecule has 0 aromatic carbocycles. The van der Waals surface area contributed by atoms with Gasteiger partial charge in [0.1, 0.15) is 0 Å². The van der Waals surface area contributed by atoms with Crippen molar-refractivity contribution in [1.29, 1.82) is 0 Å². The molecule has 0 amide bonds. The highest BCUT2D eigenvalue weighted by molar-refractivity contribution is 4.75. The first-order valence-corrected chi connectivity index (χ1v) is 3.85. The van der Waals surface area contributed by atoms with Gasteiger partial charge in [-0.1, -0.05) is 6.92 Å². The fourth-order valence-corrected chi connectivity index (χ4v) is 1.43. The number of piperidine rings is 1. The number of hydrogen-bond acceptors (Lipinski definition) is 2. The molecule has 1 aliphatic heterocycles. The van der Waals surface area contributed by atoms with Crippen LogP contribution in [0.2, 0.25) is 0 Å². The van der Waals surface area contributed by atoms with Crippen LogP contribution in [0.5, 0.6) is 0 Å². The molecule has 0 bridgehead atoms. The molecule has 0 aromatic heterocycles. The van der Waals surface area contributed by atoms with E-state index >= 15 is 0 Å². The Morgan fingerprint density at radius 2 is 2.20 bits per heavy atom. The molecule has 2 unspecified atom stereocenters. The Morgan fingerprint density at radius 1 is 1.50 bits per heavy atom. The van der Waals surface area contributed by atoms with Crippen LogP contribution in [0.1, 0.15) is 26.7 Å². The lowest BCUT2D eigenvalue weighted by molar-refractivity contribution is 0.116. The van der Waals surface area contributed by atoms with E-state index in [1.807, 2.05) is 0 Å². The van der Waals surface area contributed by atoms with Crippen LogP contribution in [0.3, 0.4) is 0 Å². The van der Waals surface area contributed by atoms with E-state index in [2.05, 4.69) is 19.1 Å². The first kappa shape index (κ1) is 7.51. The molecular weight excluding hydrogens is 128 g/mol. The monoisotopic (exact) mass is 142 g/mol. The lowest BCUT2D eigenvalue weighted by Crippen LogP contribution is -2.38. The van der Waals surface area contributed by atoms with Gasteiger partial charge in [-0.2, -0.15) is 0 Å². The highest BCUT2D eigenvalue weighted by Gasteiger charge is 2.23. The van der Waals surface area contributed by atoms with Gasteiger partial charge < -0.3 is 0 Å². The van der Waals surface area contributed by atoms with Gasteiger partial charge in [-0.25, -0.2) is 0 Å². The van der Waals surface area contributed by atoms with Gasteiger partial charge in [-0.3, -0.25) is 5.01 Å². The van der Waals surface area contributed by atoms with Crippen molar-refractivity contribution in [2.24, 2.45) is 11.2 Å². The highest BCUT2D eigenvalue weighted by atomic mass is 16.3. The smallest absolute Gasteiger partial charge is 0.0526 e. The van der Waals surface area contributed by atoms with Crippen molar-refractivity contribution in [3.8, 4) is 0 Å². The second-order valence-electron chi connectivity index (χ2n) is 3.10. The van der Waals surface area contributed by atoms with Gasteiger partial charge in [0.2, 0.25) is 0 Å². The van der Waals surface area contributed by atoms with Gasteiger partial charge in [0.25, 0.3) is 0 Å². The summed E-state index contributed by atoms with van der Waals surface area (Å²) >= 11 is 0. The Kier molecular flexibility index (Phi) is 2.25. The molecular formula is C7H14N2O. The van der Waals surface area contributed by atoms with Crippen molar-refractivity contribution >= 4 is 0 Å². The average Bonchev–Trinajstić information content (AvgIpc) is 1.95. The molecule has 0 aromatic rings. The van der Waals surface area contributed by atoms with Crippen LogP contribution in [0.25, 0.3) is 0 Å². The van der Waals surface area contributed by atoms with Crippen LogP contribution in [0.4, 0.5) is 0 Å². The predicted molar refractivity (Wildman–Crippen MR) is 40.4 cm³/mol. The number of nitroso groups, excluding NO2 is 1.